The SMILES string of the molecule is FC1(Cc2ccc(Cl)c(Cl)c2)CC2CCC(C1)N2. The highest BCUT2D eigenvalue weighted by Gasteiger charge is 2.43. The Morgan fingerprint density at radius 1 is 1.17 bits per heavy atom. The van der Waals surface area contributed by atoms with Crippen LogP contribution in [-0.4, -0.2) is 17.8 Å². The van der Waals surface area contributed by atoms with Gasteiger partial charge in [-0.2, -0.15) is 0 Å². The minimum Gasteiger partial charge on any atom is -0.311 e. The van der Waals surface area contributed by atoms with Crippen molar-refractivity contribution in [1.29, 1.82) is 0 Å². The Kier molecular flexibility index (Phi) is 3.29. The van der Waals surface area contributed by atoms with E-state index in [0.29, 0.717) is 41.4 Å². The molecular formula is C14H16Cl2FN. The van der Waals surface area contributed by atoms with Crippen LogP contribution in [0.25, 0.3) is 0 Å². The van der Waals surface area contributed by atoms with E-state index in [1.807, 2.05) is 6.07 Å². The Balaban J connectivity index is 1.77. The second-order valence-corrected chi connectivity index (χ2v) is 6.44. The zero-order valence-electron chi connectivity index (χ0n) is 10.1. The first-order valence-corrected chi connectivity index (χ1v) is 7.19. The van der Waals surface area contributed by atoms with Crippen molar-refractivity contribution in [2.24, 2.45) is 0 Å². The minimum atomic E-state index is -1.09. The van der Waals surface area contributed by atoms with Gasteiger partial charge in [-0.25, -0.2) is 4.39 Å². The summed E-state index contributed by atoms with van der Waals surface area (Å²) in [6.45, 7) is 0. The maximum atomic E-state index is 14.9. The summed E-state index contributed by atoms with van der Waals surface area (Å²) in [5.74, 6) is 0. The molecule has 2 aliphatic rings. The first-order valence-electron chi connectivity index (χ1n) is 6.43. The van der Waals surface area contributed by atoms with Crippen LogP contribution < -0.4 is 5.32 Å². The van der Waals surface area contributed by atoms with Crippen LogP contribution >= 0.6 is 23.2 Å². The lowest BCUT2D eigenvalue weighted by Gasteiger charge is -2.35. The normalized spacial score (nSPS) is 34.8. The summed E-state index contributed by atoms with van der Waals surface area (Å²) in [4.78, 5) is 0. The van der Waals surface area contributed by atoms with Gasteiger partial charge in [0.05, 0.1) is 10.0 Å². The standard InChI is InChI=1S/C14H16Cl2FN/c15-12-4-1-9(5-13(12)16)6-14(17)7-10-2-3-11(8-14)18-10/h1,4-5,10-11,18H,2-3,6-8H2. The van der Waals surface area contributed by atoms with Gasteiger partial charge in [0.1, 0.15) is 5.67 Å². The van der Waals surface area contributed by atoms with Crippen molar-refractivity contribution in [2.75, 3.05) is 0 Å². The number of piperidine rings is 1. The van der Waals surface area contributed by atoms with Gasteiger partial charge in [0.15, 0.2) is 0 Å². The lowest BCUT2D eigenvalue weighted by atomic mass is 9.84. The number of halogens is 3. The molecule has 1 nitrogen and oxygen atoms in total. The Morgan fingerprint density at radius 2 is 1.83 bits per heavy atom. The highest BCUT2D eigenvalue weighted by molar-refractivity contribution is 6.42. The molecule has 0 radical (unpaired) electrons. The van der Waals surface area contributed by atoms with Crippen molar-refractivity contribution in [3.63, 3.8) is 0 Å². The van der Waals surface area contributed by atoms with Crippen LogP contribution in [0.15, 0.2) is 18.2 Å². The summed E-state index contributed by atoms with van der Waals surface area (Å²) in [5.41, 5.74) is -0.151. The number of rotatable bonds is 2. The van der Waals surface area contributed by atoms with Crippen LogP contribution in [-0.2, 0) is 6.42 Å². The van der Waals surface area contributed by atoms with Gasteiger partial charge in [-0.1, -0.05) is 29.3 Å². The molecular weight excluding hydrogens is 272 g/mol. The highest BCUT2D eigenvalue weighted by Crippen LogP contribution is 2.39. The zero-order valence-corrected chi connectivity index (χ0v) is 11.6. The smallest absolute Gasteiger partial charge is 0.118 e. The van der Waals surface area contributed by atoms with Gasteiger partial charge < -0.3 is 5.32 Å². The Bertz CT molecular complexity index is 451. The van der Waals surface area contributed by atoms with Gasteiger partial charge in [-0.05, 0) is 43.4 Å². The molecule has 1 N–H and O–H groups in total. The first kappa shape index (κ1) is 12.7. The fourth-order valence-electron chi connectivity index (χ4n) is 3.35. The fraction of sp³-hybridized carbons (Fsp3) is 0.571. The largest absolute Gasteiger partial charge is 0.311 e. The van der Waals surface area contributed by atoms with E-state index in [9.17, 15) is 4.39 Å². The topological polar surface area (TPSA) is 12.0 Å². The Hall–Kier alpha value is -0.310. The molecule has 2 fully saturated rings. The maximum Gasteiger partial charge on any atom is 0.118 e. The van der Waals surface area contributed by atoms with Gasteiger partial charge in [-0.15, -0.1) is 0 Å². The summed E-state index contributed by atoms with van der Waals surface area (Å²) < 4.78 is 14.9. The molecule has 1 aromatic carbocycles. The Morgan fingerprint density at radius 3 is 2.44 bits per heavy atom. The van der Waals surface area contributed by atoms with Crippen LogP contribution in [0.3, 0.4) is 0 Å². The highest BCUT2D eigenvalue weighted by atomic mass is 35.5. The predicted octanol–water partition coefficient (Wildman–Crippen LogP) is 4.16. The van der Waals surface area contributed by atoms with Crippen molar-refractivity contribution < 1.29 is 4.39 Å². The third-order valence-electron chi connectivity index (χ3n) is 4.06. The monoisotopic (exact) mass is 287 g/mol. The molecule has 2 atom stereocenters. The van der Waals surface area contributed by atoms with Gasteiger partial charge in [0, 0.05) is 18.5 Å². The van der Waals surface area contributed by atoms with E-state index in [2.05, 4.69) is 5.32 Å². The molecule has 0 aromatic heterocycles. The second-order valence-electron chi connectivity index (χ2n) is 5.62. The summed E-state index contributed by atoms with van der Waals surface area (Å²) in [5, 5.41) is 4.50. The van der Waals surface area contributed by atoms with E-state index in [0.717, 1.165) is 18.4 Å². The molecule has 0 amide bonds. The summed E-state index contributed by atoms with van der Waals surface area (Å²) in [6.07, 6.45) is 3.89. The lowest BCUT2D eigenvalue weighted by molar-refractivity contribution is 0.0894. The third-order valence-corrected chi connectivity index (χ3v) is 4.80. The van der Waals surface area contributed by atoms with E-state index in [1.54, 1.807) is 12.1 Å². The molecule has 0 saturated carbocycles. The number of alkyl halides is 1. The average Bonchev–Trinajstić information content (AvgIpc) is 2.64. The molecule has 0 spiro atoms. The number of hydrogen-bond acceptors (Lipinski definition) is 1. The van der Waals surface area contributed by atoms with Crippen LogP contribution in [0.4, 0.5) is 4.39 Å². The van der Waals surface area contributed by atoms with E-state index in [4.69, 9.17) is 23.2 Å². The van der Waals surface area contributed by atoms with Crippen molar-refractivity contribution in [1.82, 2.24) is 5.32 Å². The Labute approximate surface area is 117 Å². The van der Waals surface area contributed by atoms with Crippen molar-refractivity contribution in [2.45, 2.75) is 49.9 Å². The second kappa shape index (κ2) is 4.66. The molecule has 3 rings (SSSR count). The summed E-state index contributed by atoms with van der Waals surface area (Å²) >= 11 is 11.9. The van der Waals surface area contributed by atoms with Crippen LogP contribution in [0, 0.1) is 0 Å². The van der Waals surface area contributed by atoms with E-state index >= 15 is 0 Å². The van der Waals surface area contributed by atoms with Crippen molar-refractivity contribution >= 4 is 23.2 Å². The molecule has 0 aliphatic carbocycles. The van der Waals surface area contributed by atoms with Gasteiger partial charge in [0.2, 0.25) is 0 Å². The molecule has 2 bridgehead atoms. The molecule has 2 aliphatic heterocycles. The zero-order chi connectivity index (χ0) is 12.8. The molecule has 1 aromatic rings. The lowest BCUT2D eigenvalue weighted by Crippen LogP contribution is -2.47. The molecule has 2 heterocycles. The fourth-order valence-corrected chi connectivity index (χ4v) is 3.67. The van der Waals surface area contributed by atoms with E-state index in [-0.39, 0.29) is 0 Å². The summed E-state index contributed by atoms with van der Waals surface area (Å²) in [6, 6.07) is 6.13. The number of benzene rings is 1. The molecule has 2 unspecified atom stereocenters. The van der Waals surface area contributed by atoms with E-state index in [1.165, 1.54) is 0 Å². The third kappa shape index (κ3) is 2.52. The van der Waals surface area contributed by atoms with Crippen molar-refractivity contribution in [3.05, 3.63) is 33.8 Å². The number of fused-ring (bicyclic) bond motifs is 2. The van der Waals surface area contributed by atoms with Crippen LogP contribution in [0.1, 0.15) is 31.2 Å². The predicted molar refractivity (Wildman–Crippen MR) is 73.2 cm³/mol. The molecule has 4 heteroatoms. The van der Waals surface area contributed by atoms with Crippen molar-refractivity contribution in [3.8, 4) is 0 Å². The summed E-state index contributed by atoms with van der Waals surface area (Å²) in [7, 11) is 0. The van der Waals surface area contributed by atoms with E-state index < -0.39 is 5.67 Å². The van der Waals surface area contributed by atoms with Gasteiger partial charge >= 0.3 is 0 Å². The van der Waals surface area contributed by atoms with Gasteiger partial charge in [0.25, 0.3) is 0 Å². The molecule has 2 saturated heterocycles. The minimum absolute atomic E-state index is 0.358. The quantitative estimate of drug-likeness (QED) is 0.861. The number of hydrogen-bond donors (Lipinski definition) is 1. The average molecular weight is 288 g/mol. The number of nitrogens with one attached hydrogen (secondary N) is 1. The first-order chi connectivity index (χ1) is 8.54. The maximum absolute atomic E-state index is 14.9. The molecule has 18 heavy (non-hydrogen) atoms. The van der Waals surface area contributed by atoms with Crippen LogP contribution in [0.5, 0.6) is 0 Å². The van der Waals surface area contributed by atoms with Crippen LogP contribution in [0.2, 0.25) is 10.0 Å². The molecule has 98 valence electrons. The van der Waals surface area contributed by atoms with Gasteiger partial charge in [-0.3, -0.25) is 0 Å².